The Bertz CT molecular complexity index is 627. The van der Waals surface area contributed by atoms with Gasteiger partial charge in [0.2, 0.25) is 5.88 Å². The highest BCUT2D eigenvalue weighted by Gasteiger charge is 2.19. The van der Waals surface area contributed by atoms with Gasteiger partial charge in [0, 0.05) is 23.9 Å². The van der Waals surface area contributed by atoms with E-state index in [1.165, 1.54) is 11.1 Å². The lowest BCUT2D eigenvalue weighted by Gasteiger charge is -2.23. The van der Waals surface area contributed by atoms with Crippen LogP contribution in [0.4, 0.5) is 0 Å². The molecule has 0 fully saturated rings. The predicted octanol–water partition coefficient (Wildman–Crippen LogP) is 4.50. The van der Waals surface area contributed by atoms with Crippen LogP contribution in [0.1, 0.15) is 50.4 Å². The Morgan fingerprint density at radius 3 is 2.48 bits per heavy atom. The van der Waals surface area contributed by atoms with Crippen molar-refractivity contribution in [3.8, 4) is 11.6 Å². The molecule has 1 aromatic carbocycles. The molecule has 2 N–H and O–H groups in total. The molecule has 1 atom stereocenters. The topological polar surface area (TPSA) is 48.1 Å². The molecule has 0 bridgehead atoms. The van der Waals surface area contributed by atoms with Crippen molar-refractivity contribution < 1.29 is 4.74 Å². The molecule has 2 rings (SSSR count). The normalized spacial score (nSPS) is 13.0. The minimum Gasteiger partial charge on any atom is -0.439 e. The minimum atomic E-state index is -0.0325. The Kier molecular flexibility index (Phi) is 4.33. The number of rotatable bonds is 3. The van der Waals surface area contributed by atoms with Gasteiger partial charge in [0.15, 0.2) is 0 Å². The minimum absolute atomic E-state index is 0.0157. The molecule has 0 spiro atoms. The quantitative estimate of drug-likeness (QED) is 0.902. The summed E-state index contributed by atoms with van der Waals surface area (Å²) >= 11 is 0. The van der Waals surface area contributed by atoms with Crippen molar-refractivity contribution in [3.05, 3.63) is 53.2 Å². The maximum Gasteiger partial charge on any atom is 0.219 e. The van der Waals surface area contributed by atoms with Gasteiger partial charge in [-0.2, -0.15) is 0 Å². The zero-order valence-corrected chi connectivity index (χ0v) is 13.5. The van der Waals surface area contributed by atoms with Gasteiger partial charge in [-0.3, -0.25) is 0 Å². The fraction of sp³-hybridized carbons (Fsp3) is 0.389. The van der Waals surface area contributed by atoms with Gasteiger partial charge in [-0.25, -0.2) is 4.98 Å². The second-order valence-corrected chi connectivity index (χ2v) is 6.57. The number of hydrogen-bond acceptors (Lipinski definition) is 3. The Balaban J connectivity index is 2.39. The molecular weight excluding hydrogens is 260 g/mol. The van der Waals surface area contributed by atoms with Crippen molar-refractivity contribution in [2.24, 2.45) is 5.73 Å². The third-order valence-electron chi connectivity index (χ3n) is 3.44. The Morgan fingerprint density at radius 1 is 1.14 bits per heavy atom. The first kappa shape index (κ1) is 15.5. The fourth-order valence-corrected chi connectivity index (χ4v) is 2.21. The number of nitrogens with two attached hydrogens (primary N) is 1. The van der Waals surface area contributed by atoms with Crippen LogP contribution in [0.15, 0.2) is 36.5 Å². The summed E-state index contributed by atoms with van der Waals surface area (Å²) in [7, 11) is 0. The number of ether oxygens (including phenoxy) is 1. The maximum atomic E-state index is 6.04. The second kappa shape index (κ2) is 5.86. The van der Waals surface area contributed by atoms with Gasteiger partial charge in [0.25, 0.3) is 0 Å². The van der Waals surface area contributed by atoms with E-state index in [4.69, 9.17) is 10.5 Å². The highest BCUT2D eigenvalue weighted by atomic mass is 16.5. The standard InChI is InChI=1S/C18H24N2O/c1-12-6-7-15(18(3,4)5)16(10-12)21-17-11-14(13(2)19)8-9-20-17/h6-11,13H,19H2,1-5H3/t13-/m0/s1. The van der Waals surface area contributed by atoms with Gasteiger partial charge >= 0.3 is 0 Å². The molecule has 3 heteroatoms. The van der Waals surface area contributed by atoms with Crippen LogP contribution in [-0.4, -0.2) is 4.98 Å². The monoisotopic (exact) mass is 284 g/mol. The summed E-state index contributed by atoms with van der Waals surface area (Å²) in [4.78, 5) is 4.29. The van der Waals surface area contributed by atoms with Crippen LogP contribution in [0.3, 0.4) is 0 Å². The van der Waals surface area contributed by atoms with Crippen molar-refractivity contribution in [3.63, 3.8) is 0 Å². The van der Waals surface area contributed by atoms with Crippen LogP contribution in [0.25, 0.3) is 0 Å². The SMILES string of the molecule is Cc1ccc(C(C)(C)C)c(Oc2cc([C@H](C)N)ccn2)c1. The molecule has 0 aliphatic carbocycles. The van der Waals surface area contributed by atoms with Gasteiger partial charge in [0.1, 0.15) is 5.75 Å². The van der Waals surface area contributed by atoms with E-state index < -0.39 is 0 Å². The first-order chi connectivity index (χ1) is 9.77. The molecule has 3 nitrogen and oxygen atoms in total. The Morgan fingerprint density at radius 2 is 1.86 bits per heavy atom. The first-order valence-electron chi connectivity index (χ1n) is 7.28. The van der Waals surface area contributed by atoms with E-state index in [2.05, 4.69) is 50.9 Å². The third kappa shape index (κ3) is 3.82. The van der Waals surface area contributed by atoms with E-state index in [0.29, 0.717) is 5.88 Å². The number of benzene rings is 1. The number of hydrogen-bond donors (Lipinski definition) is 1. The number of pyridine rings is 1. The van der Waals surface area contributed by atoms with Crippen LogP contribution in [0.5, 0.6) is 11.6 Å². The molecule has 0 amide bonds. The lowest BCUT2D eigenvalue weighted by Crippen LogP contribution is -2.13. The summed E-state index contributed by atoms with van der Waals surface area (Å²) in [6.07, 6.45) is 1.74. The van der Waals surface area contributed by atoms with Gasteiger partial charge in [-0.05, 0) is 42.5 Å². The molecule has 0 saturated carbocycles. The summed E-state index contributed by atoms with van der Waals surface area (Å²) in [5, 5.41) is 0. The Labute approximate surface area is 127 Å². The molecule has 0 aliphatic heterocycles. The molecule has 0 unspecified atom stereocenters. The molecule has 1 heterocycles. The fourth-order valence-electron chi connectivity index (χ4n) is 2.21. The summed E-state index contributed by atoms with van der Waals surface area (Å²) < 4.78 is 6.04. The Hall–Kier alpha value is -1.87. The summed E-state index contributed by atoms with van der Waals surface area (Å²) in [5.41, 5.74) is 9.29. The summed E-state index contributed by atoms with van der Waals surface area (Å²) in [5.74, 6) is 1.44. The van der Waals surface area contributed by atoms with Gasteiger partial charge in [-0.1, -0.05) is 32.9 Å². The van der Waals surface area contributed by atoms with Crippen molar-refractivity contribution in [1.29, 1.82) is 0 Å². The van der Waals surface area contributed by atoms with Crippen molar-refractivity contribution >= 4 is 0 Å². The second-order valence-electron chi connectivity index (χ2n) is 6.57. The largest absolute Gasteiger partial charge is 0.439 e. The van der Waals surface area contributed by atoms with Crippen LogP contribution in [-0.2, 0) is 5.41 Å². The molecule has 112 valence electrons. The van der Waals surface area contributed by atoms with Crippen LogP contribution < -0.4 is 10.5 Å². The molecule has 2 aromatic rings. The zero-order chi connectivity index (χ0) is 15.6. The van der Waals surface area contributed by atoms with Gasteiger partial charge < -0.3 is 10.5 Å². The van der Waals surface area contributed by atoms with E-state index in [1.54, 1.807) is 6.20 Å². The predicted molar refractivity (Wildman–Crippen MR) is 86.8 cm³/mol. The molecule has 1 aromatic heterocycles. The molecule has 0 radical (unpaired) electrons. The van der Waals surface area contributed by atoms with Gasteiger partial charge in [0.05, 0.1) is 0 Å². The van der Waals surface area contributed by atoms with Crippen molar-refractivity contribution in [2.75, 3.05) is 0 Å². The van der Waals surface area contributed by atoms with E-state index in [1.807, 2.05) is 19.1 Å². The van der Waals surface area contributed by atoms with E-state index in [-0.39, 0.29) is 11.5 Å². The highest BCUT2D eigenvalue weighted by molar-refractivity contribution is 5.43. The highest BCUT2D eigenvalue weighted by Crippen LogP contribution is 2.34. The van der Waals surface area contributed by atoms with Gasteiger partial charge in [-0.15, -0.1) is 0 Å². The lowest BCUT2D eigenvalue weighted by atomic mass is 9.86. The van der Waals surface area contributed by atoms with E-state index >= 15 is 0 Å². The van der Waals surface area contributed by atoms with Crippen LogP contribution in [0, 0.1) is 6.92 Å². The van der Waals surface area contributed by atoms with E-state index in [0.717, 1.165) is 11.3 Å². The van der Waals surface area contributed by atoms with Crippen LogP contribution >= 0.6 is 0 Å². The smallest absolute Gasteiger partial charge is 0.219 e. The summed E-state index contributed by atoms with van der Waals surface area (Å²) in [6, 6.07) is 10.1. The molecular formula is C18H24N2O. The molecule has 0 aliphatic rings. The first-order valence-corrected chi connectivity index (χ1v) is 7.28. The van der Waals surface area contributed by atoms with Crippen LogP contribution in [0.2, 0.25) is 0 Å². The van der Waals surface area contributed by atoms with E-state index in [9.17, 15) is 0 Å². The third-order valence-corrected chi connectivity index (χ3v) is 3.44. The number of nitrogens with zero attached hydrogens (tertiary/aromatic N) is 1. The average molecular weight is 284 g/mol. The number of aromatic nitrogens is 1. The zero-order valence-electron chi connectivity index (χ0n) is 13.5. The van der Waals surface area contributed by atoms with Crippen molar-refractivity contribution in [2.45, 2.75) is 46.1 Å². The lowest BCUT2D eigenvalue weighted by molar-refractivity contribution is 0.438. The summed E-state index contributed by atoms with van der Waals surface area (Å²) in [6.45, 7) is 10.5. The molecule has 21 heavy (non-hydrogen) atoms. The maximum absolute atomic E-state index is 6.04. The average Bonchev–Trinajstić information content (AvgIpc) is 2.37. The van der Waals surface area contributed by atoms with Crippen molar-refractivity contribution in [1.82, 2.24) is 4.98 Å². The number of aryl methyl sites for hydroxylation is 1. The molecule has 0 saturated heterocycles.